The van der Waals surface area contributed by atoms with Crippen LogP contribution >= 0.6 is 0 Å². The molecule has 1 saturated heterocycles. The van der Waals surface area contributed by atoms with E-state index in [1.807, 2.05) is 12.1 Å². The fourth-order valence-electron chi connectivity index (χ4n) is 6.31. The highest BCUT2D eigenvalue weighted by atomic mass is 19.1. The summed E-state index contributed by atoms with van der Waals surface area (Å²) in [5, 5.41) is 3.12. The van der Waals surface area contributed by atoms with E-state index in [2.05, 4.69) is 10.2 Å². The molecule has 0 spiro atoms. The molecule has 35 heavy (non-hydrogen) atoms. The van der Waals surface area contributed by atoms with Gasteiger partial charge in [0.15, 0.2) is 5.78 Å². The predicted octanol–water partition coefficient (Wildman–Crippen LogP) is 3.93. The Kier molecular flexibility index (Phi) is 4.45. The predicted molar refractivity (Wildman–Crippen MR) is 131 cm³/mol. The Morgan fingerprint density at radius 2 is 2.03 bits per heavy atom. The van der Waals surface area contributed by atoms with Crippen LogP contribution in [-0.4, -0.2) is 41.9 Å². The number of ketones is 1. The summed E-state index contributed by atoms with van der Waals surface area (Å²) in [7, 11) is 1.80. The third-order valence-corrected chi connectivity index (χ3v) is 8.17. The van der Waals surface area contributed by atoms with Gasteiger partial charge in [0.2, 0.25) is 0 Å². The van der Waals surface area contributed by atoms with Gasteiger partial charge in [0.05, 0.1) is 5.69 Å². The minimum absolute atomic E-state index is 0.141. The van der Waals surface area contributed by atoms with Crippen molar-refractivity contribution in [1.29, 1.82) is 0 Å². The fraction of sp³-hybridized carbons (Fsp3) is 0.370. The summed E-state index contributed by atoms with van der Waals surface area (Å²) < 4.78 is 20.7. The first-order valence-electron chi connectivity index (χ1n) is 12.2. The Labute approximate surface area is 202 Å². The van der Waals surface area contributed by atoms with Gasteiger partial charge >= 0.3 is 6.01 Å². The molecule has 3 aliphatic carbocycles. The first-order valence-corrected chi connectivity index (χ1v) is 12.2. The van der Waals surface area contributed by atoms with Gasteiger partial charge in [0.25, 0.3) is 0 Å². The lowest BCUT2D eigenvalue weighted by molar-refractivity contribution is 0.0994. The smallest absolute Gasteiger partial charge is 0.324 e. The van der Waals surface area contributed by atoms with Crippen LogP contribution in [-0.2, 0) is 12.8 Å². The second-order valence-electron chi connectivity index (χ2n) is 10.1. The number of carbonyl (C=O) groups is 1. The molecule has 1 aromatic heterocycles. The maximum absolute atomic E-state index is 14.5. The van der Waals surface area contributed by atoms with Crippen molar-refractivity contribution in [2.75, 3.05) is 30.4 Å². The number of ether oxygens (including phenoxy) is 1. The highest BCUT2D eigenvalue weighted by molar-refractivity contribution is 6.00. The van der Waals surface area contributed by atoms with Crippen molar-refractivity contribution in [3.05, 3.63) is 58.5 Å². The zero-order valence-corrected chi connectivity index (χ0v) is 19.5. The normalized spacial score (nSPS) is 23.5. The number of halogens is 1. The Morgan fingerprint density at radius 3 is 2.83 bits per heavy atom. The van der Waals surface area contributed by atoms with E-state index in [1.165, 1.54) is 6.07 Å². The van der Waals surface area contributed by atoms with Gasteiger partial charge < -0.3 is 20.7 Å². The van der Waals surface area contributed by atoms with Crippen molar-refractivity contribution in [3.8, 4) is 22.9 Å². The van der Waals surface area contributed by atoms with Crippen LogP contribution in [0.1, 0.15) is 40.0 Å². The molecule has 2 fully saturated rings. The number of Topliss-reactive ketones (excluding diaryl/α,β-unsaturated/α-hetero) is 1. The molecular formula is C27H26FN5O2. The van der Waals surface area contributed by atoms with E-state index >= 15 is 0 Å². The molecule has 1 saturated carbocycles. The standard InChI is InChI=1S/C27H26FN5O2/c1-30-22-8-15(28)7-19-18(22)10-23-25(19)26(33-11-14-6-21(29)20(14)12-33)32-27(31-23)35-16-4-2-13-3-5-24(34)17(13)9-16/h2,4,7-9,14,20-21,30H,3,5-6,10-12,29H2,1H3/t14-,20?,21-/m1/s1. The minimum Gasteiger partial charge on any atom is -0.424 e. The highest BCUT2D eigenvalue weighted by Gasteiger charge is 2.46. The molecule has 2 aromatic carbocycles. The Morgan fingerprint density at radius 1 is 1.14 bits per heavy atom. The monoisotopic (exact) mass is 471 g/mol. The van der Waals surface area contributed by atoms with Crippen molar-refractivity contribution in [3.63, 3.8) is 0 Å². The zero-order chi connectivity index (χ0) is 23.8. The van der Waals surface area contributed by atoms with Crippen LogP contribution in [0.15, 0.2) is 30.3 Å². The average Bonchev–Trinajstić information content (AvgIpc) is 3.51. The number of carbonyl (C=O) groups excluding carboxylic acids is 1. The number of fused-ring (bicyclic) bond motifs is 5. The molecule has 0 radical (unpaired) electrons. The van der Waals surface area contributed by atoms with Crippen LogP contribution in [0.3, 0.4) is 0 Å². The molecule has 1 unspecified atom stereocenters. The van der Waals surface area contributed by atoms with E-state index < -0.39 is 0 Å². The lowest BCUT2D eigenvalue weighted by Crippen LogP contribution is -2.46. The number of aryl methyl sites for hydroxylation is 1. The molecule has 4 aliphatic rings. The summed E-state index contributed by atoms with van der Waals surface area (Å²) in [6.45, 7) is 1.70. The SMILES string of the molecule is CNc1cc(F)cc2c1Cc1nc(Oc3ccc4c(c3)C(=O)CC4)nc(N3CC4[C@H](C[C@H]4N)C3)c1-2. The molecular weight excluding hydrogens is 445 g/mol. The molecule has 7 nitrogen and oxygen atoms in total. The molecule has 1 aliphatic heterocycles. The Balaban J connectivity index is 1.32. The van der Waals surface area contributed by atoms with Crippen LogP contribution < -0.4 is 20.7 Å². The number of hydrogen-bond acceptors (Lipinski definition) is 7. The van der Waals surface area contributed by atoms with Crippen LogP contribution in [0.25, 0.3) is 11.1 Å². The van der Waals surface area contributed by atoms with Crippen molar-refractivity contribution in [1.82, 2.24) is 9.97 Å². The van der Waals surface area contributed by atoms with Crippen LogP contribution in [0, 0.1) is 17.7 Å². The largest absolute Gasteiger partial charge is 0.424 e. The molecule has 0 bridgehead atoms. The fourth-order valence-corrected chi connectivity index (χ4v) is 6.31. The first-order chi connectivity index (χ1) is 17.0. The number of rotatable bonds is 4. The number of benzene rings is 2. The summed E-state index contributed by atoms with van der Waals surface area (Å²) >= 11 is 0. The number of nitrogens with one attached hydrogen (secondary N) is 1. The van der Waals surface area contributed by atoms with Gasteiger partial charge in [-0.05, 0) is 65.6 Å². The summed E-state index contributed by atoms with van der Waals surface area (Å²) in [4.78, 5) is 24.1. The van der Waals surface area contributed by atoms with E-state index in [1.54, 1.807) is 19.2 Å². The lowest BCUT2D eigenvalue weighted by Gasteiger charge is -2.36. The number of anilines is 2. The molecule has 7 rings (SSSR count). The van der Waals surface area contributed by atoms with Crippen LogP contribution in [0.2, 0.25) is 0 Å². The van der Waals surface area contributed by atoms with Gasteiger partial charge in [-0.3, -0.25) is 4.79 Å². The van der Waals surface area contributed by atoms with E-state index in [-0.39, 0.29) is 23.7 Å². The molecule has 3 N–H and O–H groups in total. The van der Waals surface area contributed by atoms with Gasteiger partial charge in [-0.1, -0.05) is 6.07 Å². The topological polar surface area (TPSA) is 93.4 Å². The van der Waals surface area contributed by atoms with Gasteiger partial charge in [-0.25, -0.2) is 4.39 Å². The molecule has 178 valence electrons. The summed E-state index contributed by atoms with van der Waals surface area (Å²) in [6.07, 6.45) is 2.91. The van der Waals surface area contributed by atoms with Gasteiger partial charge in [-0.15, -0.1) is 0 Å². The maximum Gasteiger partial charge on any atom is 0.324 e. The third kappa shape index (κ3) is 3.16. The van der Waals surface area contributed by atoms with E-state index in [4.69, 9.17) is 20.4 Å². The summed E-state index contributed by atoms with van der Waals surface area (Å²) in [5.74, 6) is 2.18. The Hall–Kier alpha value is -3.52. The zero-order valence-electron chi connectivity index (χ0n) is 19.5. The van der Waals surface area contributed by atoms with Crippen molar-refractivity contribution < 1.29 is 13.9 Å². The summed E-state index contributed by atoms with van der Waals surface area (Å²) in [5.41, 5.74) is 12.3. The minimum atomic E-state index is -0.293. The first kappa shape index (κ1) is 20.8. The number of hydrogen-bond donors (Lipinski definition) is 2. The van der Waals surface area contributed by atoms with E-state index in [0.29, 0.717) is 30.4 Å². The molecule has 3 atom stereocenters. The third-order valence-electron chi connectivity index (χ3n) is 8.17. The second kappa shape index (κ2) is 7.49. The molecule has 3 aromatic rings. The van der Waals surface area contributed by atoms with Crippen molar-refractivity contribution in [2.45, 2.75) is 31.7 Å². The van der Waals surface area contributed by atoms with Crippen LogP contribution in [0.4, 0.5) is 15.9 Å². The van der Waals surface area contributed by atoms with Crippen molar-refractivity contribution in [2.24, 2.45) is 17.6 Å². The maximum atomic E-state index is 14.5. The quantitative estimate of drug-likeness (QED) is 0.466. The summed E-state index contributed by atoms with van der Waals surface area (Å²) in [6, 6.07) is 9.17. The molecule has 8 heteroatoms. The number of nitrogens with two attached hydrogens (primary N) is 1. The van der Waals surface area contributed by atoms with Gasteiger partial charge in [-0.2, -0.15) is 9.97 Å². The van der Waals surface area contributed by atoms with Crippen LogP contribution in [0.5, 0.6) is 11.8 Å². The lowest BCUT2D eigenvalue weighted by atomic mass is 9.72. The van der Waals surface area contributed by atoms with Crippen molar-refractivity contribution >= 4 is 17.3 Å². The van der Waals surface area contributed by atoms with E-state index in [0.717, 1.165) is 70.9 Å². The molecule has 2 heterocycles. The highest BCUT2D eigenvalue weighted by Crippen LogP contribution is 2.48. The average molecular weight is 472 g/mol. The number of aromatic nitrogens is 2. The van der Waals surface area contributed by atoms with Gasteiger partial charge in [0, 0.05) is 55.8 Å². The molecule has 0 amide bonds. The number of nitrogens with zero attached hydrogens (tertiary/aromatic N) is 3. The Bertz CT molecular complexity index is 1410. The second-order valence-corrected chi connectivity index (χ2v) is 10.1. The van der Waals surface area contributed by atoms with E-state index in [9.17, 15) is 9.18 Å². The van der Waals surface area contributed by atoms with Gasteiger partial charge in [0.1, 0.15) is 17.4 Å².